The summed E-state index contributed by atoms with van der Waals surface area (Å²) < 4.78 is 12.5. The Morgan fingerprint density at radius 1 is 1.43 bits per heavy atom. The van der Waals surface area contributed by atoms with Crippen LogP contribution in [0.4, 0.5) is 4.39 Å². The molecule has 0 aliphatic rings. The van der Waals surface area contributed by atoms with Crippen molar-refractivity contribution in [1.29, 1.82) is 0 Å². The molecule has 0 heterocycles. The summed E-state index contributed by atoms with van der Waals surface area (Å²) in [5.41, 5.74) is 5.98. The fraction of sp³-hybridized carbons (Fsp3) is 0.300. The Bertz CT molecular complexity index is 310. The maximum Gasteiger partial charge on any atom is 0.231 e. The lowest BCUT2D eigenvalue weighted by Gasteiger charge is -2.13. The van der Waals surface area contributed by atoms with Crippen LogP contribution in [-0.2, 0) is 11.3 Å². The van der Waals surface area contributed by atoms with Gasteiger partial charge in [-0.3, -0.25) is 9.69 Å². The second-order valence-corrected chi connectivity index (χ2v) is 3.27. The number of nitrogens with two attached hydrogens (primary N) is 1. The Kier molecular flexibility index (Phi) is 3.59. The van der Waals surface area contributed by atoms with Gasteiger partial charge < -0.3 is 5.73 Å². The molecule has 1 aromatic rings. The Morgan fingerprint density at radius 3 is 2.50 bits per heavy atom. The van der Waals surface area contributed by atoms with Crippen molar-refractivity contribution in [2.75, 3.05) is 13.6 Å². The molecule has 0 saturated carbocycles. The van der Waals surface area contributed by atoms with Gasteiger partial charge in [-0.05, 0) is 24.7 Å². The van der Waals surface area contributed by atoms with Gasteiger partial charge in [0.25, 0.3) is 0 Å². The summed E-state index contributed by atoms with van der Waals surface area (Å²) in [6, 6.07) is 6.17. The van der Waals surface area contributed by atoms with E-state index in [1.54, 1.807) is 24.1 Å². The van der Waals surface area contributed by atoms with Crippen LogP contribution < -0.4 is 5.73 Å². The van der Waals surface area contributed by atoms with Crippen LogP contribution in [0, 0.1) is 5.82 Å². The number of primary amides is 1. The van der Waals surface area contributed by atoms with Gasteiger partial charge in [0, 0.05) is 6.54 Å². The molecule has 0 spiro atoms. The second-order valence-electron chi connectivity index (χ2n) is 3.27. The number of nitrogens with zero attached hydrogens (tertiary/aromatic N) is 1. The first-order valence-corrected chi connectivity index (χ1v) is 4.29. The van der Waals surface area contributed by atoms with Crippen molar-refractivity contribution in [2.45, 2.75) is 6.54 Å². The molecule has 1 aromatic carbocycles. The summed E-state index contributed by atoms with van der Waals surface area (Å²) in [6.45, 7) is 0.792. The van der Waals surface area contributed by atoms with E-state index in [1.807, 2.05) is 0 Å². The molecule has 4 heteroatoms. The first-order chi connectivity index (χ1) is 6.58. The van der Waals surface area contributed by atoms with E-state index in [9.17, 15) is 9.18 Å². The Morgan fingerprint density at radius 2 is 2.00 bits per heavy atom. The van der Waals surface area contributed by atoms with Crippen LogP contribution in [0.5, 0.6) is 0 Å². The SMILES string of the molecule is CN(CC(N)=O)Cc1ccc(F)cc1. The van der Waals surface area contributed by atoms with E-state index in [1.165, 1.54) is 12.1 Å². The molecule has 1 amide bonds. The summed E-state index contributed by atoms with van der Waals surface area (Å²) in [5, 5.41) is 0. The highest BCUT2D eigenvalue weighted by Crippen LogP contribution is 2.04. The Hall–Kier alpha value is -1.42. The number of halogens is 1. The van der Waals surface area contributed by atoms with Crippen LogP contribution in [0.15, 0.2) is 24.3 Å². The highest BCUT2D eigenvalue weighted by atomic mass is 19.1. The maximum atomic E-state index is 12.5. The molecule has 0 bridgehead atoms. The molecular formula is C10H13FN2O. The molecule has 0 unspecified atom stereocenters. The zero-order valence-corrected chi connectivity index (χ0v) is 8.03. The zero-order chi connectivity index (χ0) is 10.6. The molecular weight excluding hydrogens is 183 g/mol. The van der Waals surface area contributed by atoms with E-state index >= 15 is 0 Å². The van der Waals surface area contributed by atoms with Crippen molar-refractivity contribution in [1.82, 2.24) is 4.90 Å². The molecule has 0 aliphatic heterocycles. The highest BCUT2D eigenvalue weighted by molar-refractivity contribution is 5.75. The van der Waals surface area contributed by atoms with E-state index < -0.39 is 0 Å². The third kappa shape index (κ3) is 3.53. The van der Waals surface area contributed by atoms with E-state index in [0.717, 1.165) is 5.56 Å². The third-order valence-corrected chi connectivity index (χ3v) is 1.79. The van der Waals surface area contributed by atoms with Crippen molar-refractivity contribution in [3.8, 4) is 0 Å². The number of rotatable bonds is 4. The van der Waals surface area contributed by atoms with Crippen LogP contribution in [-0.4, -0.2) is 24.4 Å². The number of likely N-dealkylation sites (N-methyl/N-ethyl adjacent to an activating group) is 1. The van der Waals surface area contributed by atoms with Crippen molar-refractivity contribution >= 4 is 5.91 Å². The normalized spacial score (nSPS) is 10.5. The average Bonchev–Trinajstić information content (AvgIpc) is 2.07. The number of benzene rings is 1. The van der Waals surface area contributed by atoms with Gasteiger partial charge in [-0.2, -0.15) is 0 Å². The highest BCUT2D eigenvalue weighted by Gasteiger charge is 2.03. The number of hydrogen-bond donors (Lipinski definition) is 1. The molecule has 0 radical (unpaired) electrons. The lowest BCUT2D eigenvalue weighted by atomic mass is 10.2. The van der Waals surface area contributed by atoms with Crippen LogP contribution in [0.2, 0.25) is 0 Å². The summed E-state index contributed by atoms with van der Waals surface area (Å²) in [4.78, 5) is 12.3. The molecule has 1 rings (SSSR count). The van der Waals surface area contributed by atoms with Gasteiger partial charge in [-0.25, -0.2) is 4.39 Å². The smallest absolute Gasteiger partial charge is 0.231 e. The van der Waals surface area contributed by atoms with Crippen LogP contribution in [0.1, 0.15) is 5.56 Å². The van der Waals surface area contributed by atoms with Gasteiger partial charge >= 0.3 is 0 Å². The van der Waals surface area contributed by atoms with Gasteiger partial charge in [0.15, 0.2) is 0 Å². The molecule has 0 atom stereocenters. The van der Waals surface area contributed by atoms with Crippen LogP contribution in [0.3, 0.4) is 0 Å². The third-order valence-electron chi connectivity index (χ3n) is 1.79. The Labute approximate surface area is 82.3 Å². The van der Waals surface area contributed by atoms with E-state index in [-0.39, 0.29) is 18.3 Å². The molecule has 0 aromatic heterocycles. The van der Waals surface area contributed by atoms with Crippen LogP contribution >= 0.6 is 0 Å². The molecule has 2 N–H and O–H groups in total. The maximum absolute atomic E-state index is 12.5. The molecule has 0 fully saturated rings. The monoisotopic (exact) mass is 196 g/mol. The van der Waals surface area contributed by atoms with Gasteiger partial charge in [0.1, 0.15) is 5.82 Å². The second kappa shape index (κ2) is 4.72. The predicted octanol–water partition coefficient (Wildman–Crippen LogP) is 0.743. The summed E-state index contributed by atoms with van der Waals surface area (Å²) >= 11 is 0. The number of amides is 1. The number of hydrogen-bond acceptors (Lipinski definition) is 2. The first kappa shape index (κ1) is 10.7. The predicted molar refractivity (Wildman–Crippen MR) is 51.9 cm³/mol. The molecule has 3 nitrogen and oxygen atoms in total. The minimum absolute atomic E-state index is 0.206. The standard InChI is InChI=1S/C10H13FN2O/c1-13(7-10(12)14)6-8-2-4-9(11)5-3-8/h2-5H,6-7H2,1H3,(H2,12,14). The van der Waals surface area contributed by atoms with Gasteiger partial charge in [-0.15, -0.1) is 0 Å². The minimum atomic E-state index is -0.366. The fourth-order valence-corrected chi connectivity index (χ4v) is 1.22. The lowest BCUT2D eigenvalue weighted by Crippen LogP contribution is -2.30. The topological polar surface area (TPSA) is 46.3 Å². The summed E-state index contributed by atoms with van der Waals surface area (Å²) in [5.74, 6) is -0.624. The molecule has 76 valence electrons. The largest absolute Gasteiger partial charge is 0.369 e. The van der Waals surface area contributed by atoms with Gasteiger partial charge in [0.05, 0.1) is 6.54 Å². The van der Waals surface area contributed by atoms with Crippen molar-refractivity contribution < 1.29 is 9.18 Å². The van der Waals surface area contributed by atoms with Gasteiger partial charge in [-0.1, -0.05) is 12.1 Å². The van der Waals surface area contributed by atoms with Crippen LogP contribution in [0.25, 0.3) is 0 Å². The average molecular weight is 196 g/mol. The molecule has 0 aliphatic carbocycles. The van der Waals surface area contributed by atoms with E-state index in [0.29, 0.717) is 6.54 Å². The molecule has 0 saturated heterocycles. The van der Waals surface area contributed by atoms with E-state index in [4.69, 9.17) is 5.73 Å². The first-order valence-electron chi connectivity index (χ1n) is 4.29. The van der Waals surface area contributed by atoms with Gasteiger partial charge in [0.2, 0.25) is 5.91 Å². The summed E-state index contributed by atoms with van der Waals surface area (Å²) in [7, 11) is 1.79. The summed E-state index contributed by atoms with van der Waals surface area (Å²) in [6.07, 6.45) is 0. The van der Waals surface area contributed by atoms with Crippen molar-refractivity contribution in [3.63, 3.8) is 0 Å². The molecule has 14 heavy (non-hydrogen) atoms. The Balaban J connectivity index is 2.51. The minimum Gasteiger partial charge on any atom is -0.369 e. The number of carbonyl (C=O) groups is 1. The fourth-order valence-electron chi connectivity index (χ4n) is 1.22. The quantitative estimate of drug-likeness (QED) is 0.772. The zero-order valence-electron chi connectivity index (χ0n) is 8.03. The van der Waals surface area contributed by atoms with Crippen molar-refractivity contribution in [3.05, 3.63) is 35.6 Å². The van der Waals surface area contributed by atoms with E-state index in [2.05, 4.69) is 0 Å². The lowest BCUT2D eigenvalue weighted by molar-refractivity contribution is -0.118. The number of carbonyl (C=O) groups excluding carboxylic acids is 1. The van der Waals surface area contributed by atoms with Crippen molar-refractivity contribution in [2.24, 2.45) is 5.73 Å².